The molecule has 1 saturated carbocycles. The third kappa shape index (κ3) is 3.88. The van der Waals surface area contributed by atoms with Crippen molar-refractivity contribution in [3.8, 4) is 0 Å². The molecule has 1 amide bonds. The number of hydrogen-bond donors (Lipinski definition) is 2. The van der Waals surface area contributed by atoms with Crippen LogP contribution in [0.2, 0.25) is 0 Å². The fourth-order valence-corrected chi connectivity index (χ4v) is 2.92. The summed E-state index contributed by atoms with van der Waals surface area (Å²) in [5.74, 6) is 1.77. The van der Waals surface area contributed by atoms with Crippen molar-refractivity contribution in [3.63, 3.8) is 0 Å². The van der Waals surface area contributed by atoms with Crippen molar-refractivity contribution in [2.45, 2.75) is 32.1 Å². The van der Waals surface area contributed by atoms with Crippen LogP contribution in [0.3, 0.4) is 0 Å². The number of rotatable bonds is 5. The van der Waals surface area contributed by atoms with Gasteiger partial charge in [0.2, 0.25) is 5.91 Å². The molecule has 0 atom stereocenters. The summed E-state index contributed by atoms with van der Waals surface area (Å²) < 4.78 is 0. The molecule has 2 fully saturated rings. The number of nitrogens with one attached hydrogen (secondary N) is 1. The first kappa shape index (κ1) is 13.2. The van der Waals surface area contributed by atoms with E-state index in [1.54, 1.807) is 0 Å². The third-order valence-electron chi connectivity index (χ3n) is 4.25. The second-order valence-electron chi connectivity index (χ2n) is 5.89. The smallest absolute Gasteiger partial charge is 0.220 e. The van der Waals surface area contributed by atoms with Gasteiger partial charge < -0.3 is 10.2 Å². The van der Waals surface area contributed by atoms with E-state index in [1.807, 2.05) is 0 Å². The second kappa shape index (κ2) is 5.61. The van der Waals surface area contributed by atoms with Gasteiger partial charge >= 0.3 is 0 Å². The van der Waals surface area contributed by atoms with Crippen LogP contribution in [-0.4, -0.2) is 43.2 Å². The predicted octanol–water partition coefficient (Wildman–Crippen LogP) is 1.54. The van der Waals surface area contributed by atoms with E-state index in [-0.39, 0.29) is 11.3 Å². The Labute approximate surface area is 110 Å². The molecule has 4 heteroatoms. The maximum absolute atomic E-state index is 11.8. The molecule has 1 aliphatic carbocycles. The van der Waals surface area contributed by atoms with Gasteiger partial charge in [-0.05, 0) is 62.9 Å². The van der Waals surface area contributed by atoms with E-state index in [9.17, 15) is 4.79 Å². The molecule has 17 heavy (non-hydrogen) atoms. The van der Waals surface area contributed by atoms with E-state index in [2.05, 4.69) is 29.9 Å². The van der Waals surface area contributed by atoms with Gasteiger partial charge in [-0.3, -0.25) is 4.79 Å². The summed E-state index contributed by atoms with van der Waals surface area (Å²) in [7, 11) is 2.17. The van der Waals surface area contributed by atoms with Crippen LogP contribution in [0.5, 0.6) is 0 Å². The molecule has 3 nitrogen and oxygen atoms in total. The largest absolute Gasteiger partial charge is 0.356 e. The summed E-state index contributed by atoms with van der Waals surface area (Å²) in [6.45, 7) is 3.21. The van der Waals surface area contributed by atoms with Crippen molar-refractivity contribution < 1.29 is 4.79 Å². The molecule has 2 rings (SSSR count). The van der Waals surface area contributed by atoms with Crippen LogP contribution in [0.4, 0.5) is 0 Å². The zero-order valence-electron chi connectivity index (χ0n) is 10.7. The molecule has 2 aliphatic rings. The molecule has 0 radical (unpaired) electrons. The topological polar surface area (TPSA) is 32.3 Å². The van der Waals surface area contributed by atoms with Gasteiger partial charge in [-0.2, -0.15) is 12.6 Å². The van der Waals surface area contributed by atoms with E-state index in [4.69, 9.17) is 0 Å². The minimum Gasteiger partial charge on any atom is -0.356 e. The molecule has 98 valence electrons. The molecule has 0 aromatic rings. The summed E-state index contributed by atoms with van der Waals surface area (Å²) in [6, 6.07) is 0. The molecule has 1 saturated heterocycles. The van der Waals surface area contributed by atoms with Gasteiger partial charge in [0.25, 0.3) is 0 Å². The zero-order chi connectivity index (χ0) is 12.3. The Balaban J connectivity index is 1.63. The van der Waals surface area contributed by atoms with Crippen molar-refractivity contribution in [2.24, 2.45) is 11.3 Å². The highest BCUT2D eigenvalue weighted by atomic mass is 32.1. The summed E-state index contributed by atoms with van der Waals surface area (Å²) in [4.78, 5) is 14.2. The van der Waals surface area contributed by atoms with Gasteiger partial charge in [-0.25, -0.2) is 0 Å². The number of carbonyl (C=O) groups excluding carboxylic acids is 1. The van der Waals surface area contributed by atoms with Crippen molar-refractivity contribution in [2.75, 3.05) is 32.4 Å². The lowest BCUT2D eigenvalue weighted by Crippen LogP contribution is -2.37. The van der Waals surface area contributed by atoms with Crippen LogP contribution in [0.25, 0.3) is 0 Å². The fourth-order valence-electron chi connectivity index (χ4n) is 2.50. The molecule has 0 bridgehead atoms. The number of likely N-dealkylation sites (tertiary alicyclic amines) is 1. The van der Waals surface area contributed by atoms with Crippen LogP contribution in [0, 0.1) is 11.3 Å². The van der Waals surface area contributed by atoms with E-state index in [1.165, 1.54) is 38.8 Å². The summed E-state index contributed by atoms with van der Waals surface area (Å²) in [5, 5.41) is 3.11. The first-order valence-electron chi connectivity index (χ1n) is 6.70. The Hall–Kier alpha value is -0.220. The summed E-state index contributed by atoms with van der Waals surface area (Å²) in [5.41, 5.74) is 0.250. The molecule has 0 spiro atoms. The number of amides is 1. The number of piperidine rings is 1. The molecule has 1 aliphatic heterocycles. The van der Waals surface area contributed by atoms with Crippen LogP contribution < -0.4 is 5.32 Å². The van der Waals surface area contributed by atoms with Crippen LogP contribution in [0.15, 0.2) is 0 Å². The predicted molar refractivity (Wildman–Crippen MR) is 73.4 cm³/mol. The fraction of sp³-hybridized carbons (Fsp3) is 0.923. The molecule has 0 aromatic carbocycles. The second-order valence-corrected chi connectivity index (χ2v) is 6.20. The summed E-state index contributed by atoms with van der Waals surface area (Å²) in [6.07, 6.45) is 5.47. The Bertz CT molecular complexity index is 271. The number of thiol groups is 1. The molecule has 1 heterocycles. The number of carbonyl (C=O) groups is 1. The van der Waals surface area contributed by atoms with Crippen LogP contribution in [0.1, 0.15) is 32.1 Å². The van der Waals surface area contributed by atoms with E-state index in [0.29, 0.717) is 12.3 Å². The van der Waals surface area contributed by atoms with Crippen molar-refractivity contribution >= 4 is 18.5 Å². The molecule has 1 N–H and O–H groups in total. The van der Waals surface area contributed by atoms with Crippen LogP contribution >= 0.6 is 12.6 Å². The zero-order valence-corrected chi connectivity index (χ0v) is 11.6. The molecule has 0 aromatic heterocycles. The van der Waals surface area contributed by atoms with E-state index >= 15 is 0 Å². The maximum atomic E-state index is 11.8. The highest BCUT2D eigenvalue weighted by Gasteiger charge is 2.42. The van der Waals surface area contributed by atoms with Crippen molar-refractivity contribution in [1.82, 2.24) is 10.2 Å². The van der Waals surface area contributed by atoms with Gasteiger partial charge in [0.05, 0.1) is 0 Å². The van der Waals surface area contributed by atoms with Gasteiger partial charge in [-0.15, -0.1) is 0 Å². The number of hydrogen-bond acceptors (Lipinski definition) is 3. The van der Waals surface area contributed by atoms with E-state index in [0.717, 1.165) is 12.3 Å². The van der Waals surface area contributed by atoms with Crippen molar-refractivity contribution in [3.05, 3.63) is 0 Å². The lowest BCUT2D eigenvalue weighted by Gasteiger charge is -2.29. The standard InChI is InChI=1S/C13H24N2OS/c1-15-6-2-11(3-7-15)9-14-12(16)8-13(10-17)4-5-13/h11,17H,2-10H2,1H3,(H,14,16). The van der Waals surface area contributed by atoms with Crippen molar-refractivity contribution in [1.29, 1.82) is 0 Å². The van der Waals surface area contributed by atoms with Gasteiger partial charge in [0, 0.05) is 13.0 Å². The molecule has 0 unspecified atom stereocenters. The Morgan fingerprint density at radius 1 is 1.41 bits per heavy atom. The third-order valence-corrected chi connectivity index (χ3v) is 4.92. The minimum absolute atomic E-state index is 0.232. The summed E-state index contributed by atoms with van der Waals surface area (Å²) >= 11 is 4.33. The quantitative estimate of drug-likeness (QED) is 0.732. The first-order chi connectivity index (χ1) is 8.13. The maximum Gasteiger partial charge on any atom is 0.220 e. The monoisotopic (exact) mass is 256 g/mol. The Morgan fingerprint density at radius 2 is 2.06 bits per heavy atom. The minimum atomic E-state index is 0.232. The van der Waals surface area contributed by atoms with E-state index < -0.39 is 0 Å². The van der Waals surface area contributed by atoms with Gasteiger partial charge in [-0.1, -0.05) is 0 Å². The Kier molecular flexibility index (Phi) is 4.36. The SMILES string of the molecule is CN1CCC(CNC(=O)CC2(CS)CC2)CC1. The Morgan fingerprint density at radius 3 is 2.59 bits per heavy atom. The average Bonchev–Trinajstić information content (AvgIpc) is 3.09. The first-order valence-corrected chi connectivity index (χ1v) is 7.33. The lowest BCUT2D eigenvalue weighted by molar-refractivity contribution is -0.122. The van der Waals surface area contributed by atoms with Gasteiger partial charge in [0.15, 0.2) is 0 Å². The van der Waals surface area contributed by atoms with Crippen LogP contribution in [-0.2, 0) is 4.79 Å². The van der Waals surface area contributed by atoms with Gasteiger partial charge in [0.1, 0.15) is 0 Å². The molecular weight excluding hydrogens is 232 g/mol. The average molecular weight is 256 g/mol. The normalized spacial score (nSPS) is 24.6. The highest BCUT2D eigenvalue weighted by Crippen LogP contribution is 2.49. The number of nitrogens with zero attached hydrogens (tertiary/aromatic N) is 1. The molecular formula is C13H24N2OS. The highest BCUT2D eigenvalue weighted by molar-refractivity contribution is 7.80. The lowest BCUT2D eigenvalue weighted by atomic mass is 9.97.